The van der Waals surface area contributed by atoms with Crippen LogP contribution >= 0.6 is 11.6 Å². The molecule has 0 saturated heterocycles. The van der Waals surface area contributed by atoms with Crippen LogP contribution in [0.5, 0.6) is 5.75 Å². The van der Waals surface area contributed by atoms with Crippen molar-refractivity contribution in [3.05, 3.63) is 82.6 Å². The Hall–Kier alpha value is -3.25. The molecule has 0 aliphatic rings. The van der Waals surface area contributed by atoms with Crippen LogP contribution < -0.4 is 4.74 Å². The fraction of sp³-hybridized carbons (Fsp3) is 0.231. The number of nitrogens with zero attached hydrogens (tertiary/aromatic N) is 3. The molecule has 200 valence electrons. The summed E-state index contributed by atoms with van der Waals surface area (Å²) in [4.78, 5) is 17.0. The first-order valence-electron chi connectivity index (χ1n) is 11.6. The number of hydrogen-bond acceptors (Lipinski definition) is 7. The summed E-state index contributed by atoms with van der Waals surface area (Å²) in [6, 6.07) is 17.1. The second-order valence-corrected chi connectivity index (χ2v) is 11.9. The molecule has 1 heterocycles. The molecular weight excluding hydrogens is 550 g/mol. The summed E-state index contributed by atoms with van der Waals surface area (Å²) in [6.45, 7) is 3.73. The van der Waals surface area contributed by atoms with Crippen molar-refractivity contribution in [2.75, 3.05) is 12.8 Å². The van der Waals surface area contributed by atoms with E-state index in [0.29, 0.717) is 21.8 Å². The molecule has 3 aromatic carbocycles. The number of aryl methyl sites for hydroxylation is 2. The minimum Gasteiger partial charge on any atom is -0.755 e. The predicted molar refractivity (Wildman–Crippen MR) is 145 cm³/mol. The number of aromatic nitrogens is 2. The summed E-state index contributed by atoms with van der Waals surface area (Å²) in [5.74, 6) is 0.977. The molecule has 4 aromatic rings. The van der Waals surface area contributed by atoms with Crippen molar-refractivity contribution >= 4 is 49.8 Å². The summed E-state index contributed by atoms with van der Waals surface area (Å²) in [5, 5.41) is 0.114. The number of carbonyl (C=O) groups excluding carboxylic acids is 1. The number of sulfone groups is 1. The molecule has 0 N–H and O–H groups in total. The Morgan fingerprint density at radius 3 is 2.37 bits per heavy atom. The monoisotopic (exact) mass is 574 g/mol. The molecule has 9 nitrogen and oxygen atoms in total. The fourth-order valence-electron chi connectivity index (χ4n) is 3.97. The minimum atomic E-state index is -3.51. The number of halogens is 1. The van der Waals surface area contributed by atoms with E-state index in [2.05, 4.69) is 4.98 Å². The molecular formula is C26H25ClN3O6S2-. The maximum atomic E-state index is 12.4. The van der Waals surface area contributed by atoms with Crippen LogP contribution in [0.1, 0.15) is 23.9 Å². The van der Waals surface area contributed by atoms with Gasteiger partial charge in [-0.15, -0.1) is 0 Å². The van der Waals surface area contributed by atoms with Gasteiger partial charge in [-0.3, -0.25) is 8.78 Å². The minimum absolute atomic E-state index is 0.0236. The quantitative estimate of drug-likeness (QED) is 0.277. The average molecular weight is 575 g/mol. The summed E-state index contributed by atoms with van der Waals surface area (Å²) < 4.78 is 55.2. The van der Waals surface area contributed by atoms with E-state index in [9.17, 15) is 22.0 Å². The van der Waals surface area contributed by atoms with Gasteiger partial charge in [0.25, 0.3) is 0 Å². The van der Waals surface area contributed by atoms with Gasteiger partial charge in [-0.2, -0.15) is 0 Å². The standard InChI is InChI=1S/C26H26ClN3O6S2/c1-4-25-28-22-16-24(38(3,34)35)21(27)15-23(22)30(25)19-9-7-18(8-10-19)13-14-29(37(32)33)26(31)36-20-11-5-17(2)6-12-20/h5-12,15-16H,4,13-14H2,1-3H3,(H,32,33)/p-1. The first kappa shape index (κ1) is 27.8. The van der Waals surface area contributed by atoms with E-state index < -0.39 is 27.2 Å². The number of fused-ring (bicyclic) bond motifs is 1. The first-order chi connectivity index (χ1) is 18.0. The van der Waals surface area contributed by atoms with Crippen molar-refractivity contribution in [1.29, 1.82) is 0 Å². The number of carbonyl (C=O) groups is 1. The van der Waals surface area contributed by atoms with E-state index in [4.69, 9.17) is 16.3 Å². The van der Waals surface area contributed by atoms with Crippen molar-refractivity contribution < 1.29 is 26.7 Å². The largest absolute Gasteiger partial charge is 0.755 e. The van der Waals surface area contributed by atoms with E-state index in [0.717, 1.165) is 28.9 Å². The molecule has 0 aliphatic carbocycles. The summed E-state index contributed by atoms with van der Waals surface area (Å²) in [6.07, 6.45) is 0.978. The molecule has 4 rings (SSSR count). The summed E-state index contributed by atoms with van der Waals surface area (Å²) in [7, 11) is -3.51. The van der Waals surface area contributed by atoms with E-state index in [-0.39, 0.29) is 28.6 Å². The van der Waals surface area contributed by atoms with Gasteiger partial charge in [0.05, 0.1) is 32.2 Å². The van der Waals surface area contributed by atoms with Crippen molar-refractivity contribution in [3.63, 3.8) is 0 Å². The van der Waals surface area contributed by atoms with Crippen molar-refractivity contribution in [2.45, 2.75) is 31.6 Å². The van der Waals surface area contributed by atoms with E-state index in [1.807, 2.05) is 42.7 Å². The SMILES string of the molecule is CCc1nc2cc(S(C)(=O)=O)c(Cl)cc2n1-c1ccc(CCN(C(=O)Oc2ccc(C)cc2)S(=O)[O-])cc1. The van der Waals surface area contributed by atoms with Gasteiger partial charge in [-0.25, -0.2) is 22.5 Å². The Labute approximate surface area is 228 Å². The van der Waals surface area contributed by atoms with Crippen LogP contribution in [0.15, 0.2) is 65.6 Å². The van der Waals surface area contributed by atoms with Crippen LogP contribution in [0.3, 0.4) is 0 Å². The fourth-order valence-corrected chi connectivity index (χ4v) is 5.68. The van der Waals surface area contributed by atoms with Crippen molar-refractivity contribution in [2.24, 2.45) is 0 Å². The highest BCUT2D eigenvalue weighted by Gasteiger charge is 2.20. The van der Waals surface area contributed by atoms with E-state index in [1.165, 1.54) is 6.07 Å². The Bertz CT molecular complexity index is 1620. The molecule has 1 unspecified atom stereocenters. The van der Waals surface area contributed by atoms with Crippen LogP contribution in [0.4, 0.5) is 4.79 Å². The van der Waals surface area contributed by atoms with Crippen LogP contribution in [-0.4, -0.2) is 49.9 Å². The molecule has 0 bridgehead atoms. The number of imidazole rings is 1. The third-order valence-corrected chi connectivity index (χ3v) is 8.15. The van der Waals surface area contributed by atoms with Gasteiger partial charge in [0.2, 0.25) is 0 Å². The number of amides is 1. The van der Waals surface area contributed by atoms with E-state index in [1.54, 1.807) is 30.3 Å². The molecule has 38 heavy (non-hydrogen) atoms. The highest BCUT2D eigenvalue weighted by atomic mass is 35.5. The summed E-state index contributed by atoms with van der Waals surface area (Å²) >= 11 is 3.49. The zero-order chi connectivity index (χ0) is 27.6. The zero-order valence-electron chi connectivity index (χ0n) is 20.9. The third-order valence-electron chi connectivity index (χ3n) is 5.90. The Kier molecular flexibility index (Phi) is 8.22. The number of rotatable bonds is 8. The Morgan fingerprint density at radius 1 is 1.13 bits per heavy atom. The van der Waals surface area contributed by atoms with Crippen molar-refractivity contribution in [1.82, 2.24) is 13.9 Å². The van der Waals surface area contributed by atoms with Gasteiger partial charge in [0.15, 0.2) is 9.84 Å². The van der Waals surface area contributed by atoms with Gasteiger partial charge in [-0.1, -0.05) is 48.4 Å². The third kappa shape index (κ3) is 6.07. The molecule has 12 heteroatoms. The highest BCUT2D eigenvalue weighted by Crippen LogP contribution is 2.30. The van der Waals surface area contributed by atoms with Gasteiger partial charge < -0.3 is 9.29 Å². The lowest BCUT2D eigenvalue weighted by Crippen LogP contribution is -2.36. The van der Waals surface area contributed by atoms with Gasteiger partial charge in [0, 0.05) is 24.9 Å². The average Bonchev–Trinajstić information content (AvgIpc) is 3.22. The second-order valence-electron chi connectivity index (χ2n) is 8.68. The molecule has 0 radical (unpaired) electrons. The topological polar surface area (TPSA) is 122 Å². The number of ether oxygens (including phenoxy) is 1. The van der Waals surface area contributed by atoms with Gasteiger partial charge >= 0.3 is 6.09 Å². The Balaban J connectivity index is 1.54. The molecule has 0 fully saturated rings. The molecule has 0 aliphatic heterocycles. The van der Waals surface area contributed by atoms with E-state index >= 15 is 0 Å². The molecule has 1 amide bonds. The molecule has 1 atom stereocenters. The lowest BCUT2D eigenvalue weighted by Gasteiger charge is -2.23. The maximum Gasteiger partial charge on any atom is 0.426 e. The number of hydrogen-bond donors (Lipinski definition) is 0. The number of benzene rings is 3. The lowest BCUT2D eigenvalue weighted by atomic mass is 10.1. The van der Waals surface area contributed by atoms with Gasteiger partial charge in [-0.05, 0) is 55.3 Å². The lowest BCUT2D eigenvalue weighted by molar-refractivity contribution is 0.178. The van der Waals surface area contributed by atoms with Gasteiger partial charge in [0.1, 0.15) is 11.6 Å². The molecule has 0 spiro atoms. The normalized spacial score (nSPS) is 12.4. The predicted octanol–water partition coefficient (Wildman–Crippen LogP) is 4.79. The smallest absolute Gasteiger partial charge is 0.426 e. The molecule has 0 saturated carbocycles. The van der Waals surface area contributed by atoms with Crippen LogP contribution in [0.2, 0.25) is 5.02 Å². The first-order valence-corrected chi connectivity index (χ1v) is 14.9. The molecule has 1 aromatic heterocycles. The highest BCUT2D eigenvalue weighted by molar-refractivity contribution is 7.90. The van der Waals surface area contributed by atoms with Crippen LogP contribution in [0.25, 0.3) is 16.7 Å². The summed E-state index contributed by atoms with van der Waals surface area (Å²) in [5.41, 5.74) is 3.73. The van der Waals surface area contributed by atoms with Crippen LogP contribution in [-0.2, 0) is 33.9 Å². The van der Waals surface area contributed by atoms with Crippen molar-refractivity contribution in [3.8, 4) is 11.4 Å². The maximum absolute atomic E-state index is 12.4. The Morgan fingerprint density at radius 2 is 1.79 bits per heavy atom. The van der Waals surface area contributed by atoms with Crippen LogP contribution in [0, 0.1) is 6.92 Å². The zero-order valence-corrected chi connectivity index (χ0v) is 23.3. The second kappa shape index (κ2) is 11.2.